The lowest BCUT2D eigenvalue weighted by Crippen LogP contribution is -2.31. The molecule has 1 aliphatic heterocycles. The van der Waals surface area contributed by atoms with E-state index >= 15 is 0 Å². The smallest absolute Gasteiger partial charge is 0.343 e. The second-order valence-electron chi connectivity index (χ2n) is 5.30. The van der Waals surface area contributed by atoms with Gasteiger partial charge in [-0.1, -0.05) is 5.10 Å². The van der Waals surface area contributed by atoms with Crippen LogP contribution in [0.3, 0.4) is 0 Å². The first-order valence-electron chi connectivity index (χ1n) is 7.35. The van der Waals surface area contributed by atoms with Gasteiger partial charge in [0.2, 0.25) is 0 Å². The Labute approximate surface area is 149 Å². The van der Waals surface area contributed by atoms with Crippen molar-refractivity contribution in [3.63, 3.8) is 0 Å². The maximum atomic E-state index is 12.1. The molecule has 0 radical (unpaired) electrons. The zero-order valence-corrected chi connectivity index (χ0v) is 13.6. The zero-order chi connectivity index (χ0) is 19.6. The van der Waals surface area contributed by atoms with Gasteiger partial charge in [-0.2, -0.15) is 5.10 Å². The summed E-state index contributed by atoms with van der Waals surface area (Å²) in [5.74, 6) is -1.83. The number of amides is 2. The van der Waals surface area contributed by atoms with Gasteiger partial charge in [-0.15, -0.1) is 15.3 Å². The molecular formula is C13H11N9O5. The van der Waals surface area contributed by atoms with E-state index < -0.39 is 22.6 Å². The van der Waals surface area contributed by atoms with Crippen molar-refractivity contribution in [3.8, 4) is 0 Å². The summed E-state index contributed by atoms with van der Waals surface area (Å²) in [5.41, 5.74) is 0.0261. The molecule has 0 saturated heterocycles. The van der Waals surface area contributed by atoms with Crippen LogP contribution in [0, 0.1) is 10.1 Å². The Hall–Kier alpha value is -4.23. The first-order valence-corrected chi connectivity index (χ1v) is 7.35. The minimum atomic E-state index is -0.752. The lowest BCUT2D eigenvalue weighted by molar-refractivity contribution is -0.389. The van der Waals surface area contributed by atoms with Gasteiger partial charge >= 0.3 is 5.82 Å². The van der Waals surface area contributed by atoms with E-state index in [1.165, 1.54) is 13.0 Å². The van der Waals surface area contributed by atoms with E-state index in [-0.39, 0.29) is 41.0 Å². The Morgan fingerprint density at radius 3 is 2.52 bits per heavy atom. The SMILES string of the molecule is CC(=O)C1=NN=C(NC(=O)c2cc(NC(=O)c3cc([N+](=O)[O-])[nH]n3)n[nH]2)C1. The highest BCUT2D eigenvalue weighted by Crippen LogP contribution is 2.11. The number of rotatable bonds is 5. The summed E-state index contributed by atoms with van der Waals surface area (Å²) in [6.07, 6.45) is 0.108. The molecule has 0 aromatic carbocycles. The molecular weight excluding hydrogens is 362 g/mol. The Balaban J connectivity index is 1.59. The molecule has 0 unspecified atom stereocenters. The first kappa shape index (κ1) is 17.6. The average molecular weight is 373 g/mol. The fourth-order valence-electron chi connectivity index (χ4n) is 2.02. The topological polar surface area (TPSA) is 200 Å². The molecule has 0 atom stereocenters. The maximum Gasteiger partial charge on any atom is 0.343 e. The van der Waals surface area contributed by atoms with E-state index in [2.05, 4.69) is 41.2 Å². The molecule has 0 spiro atoms. The monoisotopic (exact) mass is 373 g/mol. The number of H-pyrrole nitrogens is 2. The van der Waals surface area contributed by atoms with Crippen LogP contribution in [0.2, 0.25) is 0 Å². The van der Waals surface area contributed by atoms with Gasteiger partial charge in [0, 0.05) is 13.0 Å². The summed E-state index contributed by atoms with van der Waals surface area (Å²) in [4.78, 5) is 45.1. The molecule has 3 heterocycles. The Morgan fingerprint density at radius 1 is 1.11 bits per heavy atom. The number of nitrogens with one attached hydrogen (secondary N) is 4. The lowest BCUT2D eigenvalue weighted by atomic mass is 10.2. The molecule has 27 heavy (non-hydrogen) atoms. The summed E-state index contributed by atoms with van der Waals surface area (Å²) in [7, 11) is 0. The summed E-state index contributed by atoms with van der Waals surface area (Å²) < 4.78 is 0. The molecule has 14 heteroatoms. The number of aromatic amines is 2. The third-order valence-corrected chi connectivity index (χ3v) is 3.35. The Morgan fingerprint density at radius 2 is 1.89 bits per heavy atom. The predicted molar refractivity (Wildman–Crippen MR) is 89.4 cm³/mol. The number of Topliss-reactive ketones (excluding diaryl/α,β-unsaturated/α-hetero) is 1. The third-order valence-electron chi connectivity index (χ3n) is 3.35. The number of anilines is 1. The molecule has 138 valence electrons. The number of nitrogens with zero attached hydrogens (tertiary/aromatic N) is 5. The fraction of sp³-hybridized carbons (Fsp3) is 0.154. The number of aromatic nitrogens is 4. The van der Waals surface area contributed by atoms with Gasteiger partial charge in [-0.3, -0.25) is 19.5 Å². The number of nitro groups is 1. The van der Waals surface area contributed by atoms with Crippen molar-refractivity contribution in [1.82, 2.24) is 25.7 Å². The number of carbonyl (C=O) groups excluding carboxylic acids is 3. The van der Waals surface area contributed by atoms with E-state index in [0.29, 0.717) is 0 Å². The van der Waals surface area contributed by atoms with Crippen molar-refractivity contribution < 1.29 is 19.3 Å². The molecule has 1 aliphatic rings. The normalized spacial score (nSPS) is 12.9. The number of ketones is 1. The van der Waals surface area contributed by atoms with Crippen LogP contribution in [0.15, 0.2) is 22.3 Å². The van der Waals surface area contributed by atoms with E-state index in [1.807, 2.05) is 0 Å². The number of hydrogen-bond acceptors (Lipinski definition) is 9. The van der Waals surface area contributed by atoms with Crippen LogP contribution < -0.4 is 10.6 Å². The molecule has 14 nitrogen and oxygen atoms in total. The van der Waals surface area contributed by atoms with Crippen molar-refractivity contribution in [3.05, 3.63) is 33.6 Å². The van der Waals surface area contributed by atoms with Crippen molar-refractivity contribution in [2.75, 3.05) is 5.32 Å². The highest BCUT2D eigenvalue weighted by Gasteiger charge is 2.21. The fourth-order valence-corrected chi connectivity index (χ4v) is 2.02. The molecule has 0 bridgehead atoms. The van der Waals surface area contributed by atoms with Crippen molar-refractivity contribution >= 4 is 40.8 Å². The number of hydrogen-bond donors (Lipinski definition) is 4. The van der Waals surface area contributed by atoms with Crippen LogP contribution in [-0.4, -0.2) is 54.5 Å². The van der Waals surface area contributed by atoms with Gasteiger partial charge in [0.05, 0.1) is 12.5 Å². The number of carbonyl (C=O) groups is 3. The molecule has 0 fully saturated rings. The quantitative estimate of drug-likeness (QED) is 0.409. The van der Waals surface area contributed by atoms with Crippen LogP contribution in [0.1, 0.15) is 34.3 Å². The molecule has 3 rings (SSSR count). The van der Waals surface area contributed by atoms with Crippen LogP contribution >= 0.6 is 0 Å². The first-order chi connectivity index (χ1) is 12.8. The van der Waals surface area contributed by atoms with E-state index in [1.54, 1.807) is 0 Å². The zero-order valence-electron chi connectivity index (χ0n) is 13.6. The molecule has 4 N–H and O–H groups in total. The van der Waals surface area contributed by atoms with Gasteiger partial charge in [0.25, 0.3) is 11.8 Å². The van der Waals surface area contributed by atoms with Crippen LogP contribution in [0.25, 0.3) is 0 Å². The van der Waals surface area contributed by atoms with Crippen LogP contribution in [0.4, 0.5) is 11.6 Å². The summed E-state index contributed by atoms with van der Waals surface area (Å²) >= 11 is 0. The maximum absolute atomic E-state index is 12.1. The van der Waals surface area contributed by atoms with Gasteiger partial charge < -0.3 is 20.7 Å². The molecule has 2 amide bonds. The van der Waals surface area contributed by atoms with Gasteiger partial charge in [0.1, 0.15) is 17.2 Å². The Bertz CT molecular complexity index is 1020. The van der Waals surface area contributed by atoms with Gasteiger partial charge in [-0.25, -0.2) is 0 Å². The van der Waals surface area contributed by atoms with Crippen molar-refractivity contribution in [2.45, 2.75) is 13.3 Å². The standard InChI is InChI=1S/C13H11N9O5/c1-5(23)6-2-9(19-16-6)14-12(24)7-3-10(20-17-7)15-13(25)8-4-11(21-18-8)22(26)27/h3-4H,2H2,1H3,(H,18,21)(H,14,19,24)(H2,15,17,20,25). The highest BCUT2D eigenvalue weighted by molar-refractivity contribution is 6.43. The predicted octanol–water partition coefficient (Wildman–Crippen LogP) is -0.230. The largest absolute Gasteiger partial charge is 0.358 e. The van der Waals surface area contributed by atoms with Crippen molar-refractivity contribution in [1.29, 1.82) is 0 Å². The van der Waals surface area contributed by atoms with Crippen LogP contribution in [-0.2, 0) is 4.79 Å². The molecule has 2 aromatic heterocycles. The Kier molecular flexibility index (Phi) is 4.52. The average Bonchev–Trinajstić information content (AvgIpc) is 3.35. The molecule has 0 saturated carbocycles. The summed E-state index contributed by atoms with van der Waals surface area (Å²) in [6, 6.07) is 2.21. The van der Waals surface area contributed by atoms with Crippen molar-refractivity contribution in [2.24, 2.45) is 10.2 Å². The summed E-state index contributed by atoms with van der Waals surface area (Å²) in [5, 5.41) is 34.5. The second kappa shape index (κ2) is 6.95. The second-order valence-corrected chi connectivity index (χ2v) is 5.30. The molecule has 0 aliphatic carbocycles. The van der Waals surface area contributed by atoms with Crippen LogP contribution in [0.5, 0.6) is 0 Å². The van der Waals surface area contributed by atoms with E-state index in [4.69, 9.17) is 0 Å². The minimum absolute atomic E-state index is 0.00448. The highest BCUT2D eigenvalue weighted by atomic mass is 16.6. The van der Waals surface area contributed by atoms with E-state index in [0.717, 1.165) is 6.07 Å². The van der Waals surface area contributed by atoms with Gasteiger partial charge in [-0.05, 0) is 4.92 Å². The third kappa shape index (κ3) is 3.89. The molecule has 2 aromatic rings. The van der Waals surface area contributed by atoms with E-state index in [9.17, 15) is 24.5 Å². The number of amidine groups is 1. The summed E-state index contributed by atoms with van der Waals surface area (Å²) in [6.45, 7) is 1.34. The lowest BCUT2D eigenvalue weighted by Gasteiger charge is -2.01. The van der Waals surface area contributed by atoms with Gasteiger partial charge in [0.15, 0.2) is 17.3 Å². The minimum Gasteiger partial charge on any atom is -0.358 e.